The van der Waals surface area contributed by atoms with Crippen molar-refractivity contribution in [3.05, 3.63) is 41.3 Å². The monoisotopic (exact) mass is 428 g/mol. The highest BCUT2D eigenvalue weighted by atomic mass is 35.5. The van der Waals surface area contributed by atoms with Gasteiger partial charge in [-0.1, -0.05) is 31.9 Å². The molecule has 1 saturated carbocycles. The number of nitrogens with one attached hydrogen (secondary N) is 1. The van der Waals surface area contributed by atoms with E-state index in [0.717, 1.165) is 6.42 Å². The number of hydrogen-bond donors (Lipinski definition) is 1. The molecule has 3 amide bonds. The van der Waals surface area contributed by atoms with Crippen LogP contribution in [0.5, 0.6) is 0 Å². The largest absolute Gasteiger partial charge is 0.327 e. The van der Waals surface area contributed by atoms with Gasteiger partial charge >= 0.3 is 6.03 Å². The van der Waals surface area contributed by atoms with Crippen LogP contribution in [0, 0.1) is 5.92 Å². The Bertz CT molecular complexity index is 933. The number of aromatic nitrogens is 3. The maximum absolute atomic E-state index is 13.1. The first-order valence-corrected chi connectivity index (χ1v) is 10.7. The van der Waals surface area contributed by atoms with Gasteiger partial charge in [0, 0.05) is 6.20 Å². The van der Waals surface area contributed by atoms with Gasteiger partial charge in [-0.15, -0.1) is 0 Å². The number of carbonyl (C=O) groups excluding carboxylic acids is 2. The average Bonchev–Trinajstić information content (AvgIpc) is 3.54. The third kappa shape index (κ3) is 4.38. The molecule has 1 N–H and O–H groups in total. The van der Waals surface area contributed by atoms with Crippen molar-refractivity contribution in [2.24, 2.45) is 5.92 Å². The molecule has 1 aliphatic heterocycles. The van der Waals surface area contributed by atoms with Gasteiger partial charge in [0.25, 0.3) is 0 Å². The zero-order chi connectivity index (χ0) is 21.3. The number of nitrogens with zero attached hydrogens (tertiary/aromatic N) is 5. The second kappa shape index (κ2) is 8.55. The highest BCUT2D eigenvalue weighted by molar-refractivity contribution is 6.30. The number of carbonyl (C=O) groups is 2. The van der Waals surface area contributed by atoms with Gasteiger partial charge in [-0.05, 0) is 42.4 Å². The highest BCUT2D eigenvalue weighted by Crippen LogP contribution is 2.40. The van der Waals surface area contributed by atoms with Crippen LogP contribution < -0.4 is 10.2 Å². The first-order valence-electron chi connectivity index (χ1n) is 10.3. The van der Waals surface area contributed by atoms with Crippen LogP contribution in [0.2, 0.25) is 5.02 Å². The Balaban J connectivity index is 1.48. The van der Waals surface area contributed by atoms with Gasteiger partial charge < -0.3 is 10.2 Å². The van der Waals surface area contributed by atoms with Crippen LogP contribution in [0.15, 0.2) is 30.7 Å². The summed E-state index contributed by atoms with van der Waals surface area (Å²) >= 11 is 5.87. The standard InChI is InChI=1S/C21H25ClN6O2/c1-3-13(2)17-11-28(20-24-9-16(22)10-25-20)21(30)27(17)12-19(29)26-18-8-15(6-7-23-18)14-4-5-14/h6-10,13-14,17H,3-5,11-12H2,1-2H3,(H,23,26,29)/t13-,17+/m0/s1. The molecule has 0 unspecified atom stereocenters. The Labute approximate surface area is 180 Å². The summed E-state index contributed by atoms with van der Waals surface area (Å²) in [6.45, 7) is 4.53. The Morgan fingerprint density at radius 2 is 2.03 bits per heavy atom. The van der Waals surface area contributed by atoms with Crippen molar-refractivity contribution < 1.29 is 9.59 Å². The van der Waals surface area contributed by atoms with Gasteiger partial charge in [-0.2, -0.15) is 0 Å². The fraction of sp³-hybridized carbons (Fsp3) is 0.476. The van der Waals surface area contributed by atoms with E-state index >= 15 is 0 Å². The molecule has 4 rings (SSSR count). The summed E-state index contributed by atoms with van der Waals surface area (Å²) in [4.78, 5) is 41.5. The first kappa shape index (κ1) is 20.5. The van der Waals surface area contributed by atoms with Gasteiger partial charge in [0.2, 0.25) is 11.9 Å². The van der Waals surface area contributed by atoms with E-state index in [2.05, 4.69) is 34.1 Å². The second-order valence-corrected chi connectivity index (χ2v) is 8.41. The summed E-state index contributed by atoms with van der Waals surface area (Å²) in [5.41, 5.74) is 1.20. The van der Waals surface area contributed by atoms with Crippen LogP contribution in [0.25, 0.3) is 0 Å². The number of hydrogen-bond acceptors (Lipinski definition) is 5. The minimum atomic E-state index is -0.280. The van der Waals surface area contributed by atoms with E-state index in [0.29, 0.717) is 29.3 Å². The SMILES string of the molecule is CC[C@H](C)[C@H]1CN(c2ncc(Cl)cn2)C(=O)N1CC(=O)Nc1cc(C2CC2)ccn1. The van der Waals surface area contributed by atoms with E-state index in [4.69, 9.17) is 11.6 Å². The number of urea groups is 1. The molecular formula is C21H25ClN6O2. The molecule has 158 valence electrons. The fourth-order valence-electron chi connectivity index (χ4n) is 3.74. The van der Waals surface area contributed by atoms with Crippen molar-refractivity contribution in [2.75, 3.05) is 23.3 Å². The smallest absolute Gasteiger partial charge is 0.310 e. The molecule has 1 saturated heterocycles. The van der Waals surface area contributed by atoms with Crippen molar-refractivity contribution in [3.63, 3.8) is 0 Å². The number of rotatable bonds is 7. The number of anilines is 2. The second-order valence-electron chi connectivity index (χ2n) is 7.97. The highest BCUT2D eigenvalue weighted by Gasteiger charge is 2.42. The third-order valence-electron chi connectivity index (χ3n) is 5.81. The fourth-order valence-corrected chi connectivity index (χ4v) is 3.84. The van der Waals surface area contributed by atoms with Crippen molar-refractivity contribution in [3.8, 4) is 0 Å². The van der Waals surface area contributed by atoms with Crippen LogP contribution in [-0.2, 0) is 4.79 Å². The average molecular weight is 429 g/mol. The van der Waals surface area contributed by atoms with Crippen LogP contribution in [0.3, 0.4) is 0 Å². The molecule has 2 aromatic rings. The van der Waals surface area contributed by atoms with Crippen LogP contribution in [0.1, 0.15) is 44.6 Å². The Hall–Kier alpha value is -2.74. The molecule has 9 heteroatoms. The van der Waals surface area contributed by atoms with E-state index in [9.17, 15) is 9.59 Å². The molecule has 0 radical (unpaired) electrons. The van der Waals surface area contributed by atoms with E-state index in [1.165, 1.54) is 35.7 Å². The summed E-state index contributed by atoms with van der Waals surface area (Å²) in [5, 5.41) is 3.24. The predicted octanol–water partition coefficient (Wildman–Crippen LogP) is 3.70. The summed E-state index contributed by atoms with van der Waals surface area (Å²) in [7, 11) is 0. The summed E-state index contributed by atoms with van der Waals surface area (Å²) in [6.07, 6.45) is 7.88. The van der Waals surface area contributed by atoms with Crippen molar-refractivity contribution in [2.45, 2.75) is 45.1 Å². The predicted molar refractivity (Wildman–Crippen MR) is 115 cm³/mol. The minimum Gasteiger partial charge on any atom is -0.310 e. The van der Waals surface area contributed by atoms with Crippen LogP contribution >= 0.6 is 11.6 Å². The maximum Gasteiger partial charge on any atom is 0.327 e. The number of halogens is 1. The molecule has 2 aliphatic rings. The third-order valence-corrected chi connectivity index (χ3v) is 6.00. The summed E-state index contributed by atoms with van der Waals surface area (Å²) < 4.78 is 0. The molecule has 8 nitrogen and oxygen atoms in total. The summed E-state index contributed by atoms with van der Waals surface area (Å²) in [6, 6.07) is 3.51. The molecule has 2 fully saturated rings. The van der Waals surface area contributed by atoms with Crippen LogP contribution in [0.4, 0.5) is 16.6 Å². The van der Waals surface area contributed by atoms with E-state index in [1.807, 2.05) is 12.1 Å². The number of pyridine rings is 1. The Morgan fingerprint density at radius 1 is 1.30 bits per heavy atom. The zero-order valence-electron chi connectivity index (χ0n) is 17.1. The lowest BCUT2D eigenvalue weighted by Gasteiger charge is -2.26. The lowest BCUT2D eigenvalue weighted by molar-refractivity contribution is -0.117. The minimum absolute atomic E-state index is 0.0483. The molecule has 1 aliphatic carbocycles. The molecule has 2 atom stereocenters. The lowest BCUT2D eigenvalue weighted by Crippen LogP contribution is -2.43. The molecule has 0 bridgehead atoms. The molecule has 0 aromatic carbocycles. The van der Waals surface area contributed by atoms with Gasteiger partial charge in [0.05, 0.1) is 30.0 Å². The summed E-state index contributed by atoms with van der Waals surface area (Å²) in [5.74, 6) is 1.34. The topological polar surface area (TPSA) is 91.3 Å². The van der Waals surface area contributed by atoms with E-state index in [1.54, 1.807) is 11.1 Å². The van der Waals surface area contributed by atoms with Crippen LogP contribution in [-0.4, -0.2) is 50.9 Å². The molecular weight excluding hydrogens is 404 g/mol. The quantitative estimate of drug-likeness (QED) is 0.726. The Morgan fingerprint density at radius 3 is 2.70 bits per heavy atom. The van der Waals surface area contributed by atoms with E-state index < -0.39 is 0 Å². The first-order chi connectivity index (χ1) is 14.5. The molecule has 3 heterocycles. The van der Waals surface area contributed by atoms with Gasteiger partial charge in [0.1, 0.15) is 12.4 Å². The van der Waals surface area contributed by atoms with Crippen molar-refractivity contribution >= 4 is 35.3 Å². The Kier molecular flexibility index (Phi) is 5.85. The van der Waals surface area contributed by atoms with E-state index in [-0.39, 0.29) is 30.4 Å². The molecule has 2 aromatic heterocycles. The molecule has 0 spiro atoms. The van der Waals surface area contributed by atoms with Gasteiger partial charge in [0.15, 0.2) is 0 Å². The van der Waals surface area contributed by atoms with Crippen molar-refractivity contribution in [1.82, 2.24) is 19.9 Å². The van der Waals surface area contributed by atoms with Gasteiger partial charge in [-0.3, -0.25) is 9.69 Å². The van der Waals surface area contributed by atoms with Crippen molar-refractivity contribution in [1.29, 1.82) is 0 Å². The molecule has 30 heavy (non-hydrogen) atoms. The normalized spacial score (nSPS) is 19.8. The maximum atomic E-state index is 13.1. The zero-order valence-corrected chi connectivity index (χ0v) is 17.8. The van der Waals surface area contributed by atoms with Gasteiger partial charge in [-0.25, -0.2) is 19.7 Å². The number of amides is 3. The lowest BCUT2D eigenvalue weighted by atomic mass is 9.99.